The fraction of sp³-hybridized carbons (Fsp3) is 0.250. The highest BCUT2D eigenvalue weighted by Crippen LogP contribution is 2.32. The molecule has 0 unspecified atom stereocenters. The van der Waals surface area contributed by atoms with Crippen LogP contribution in [0, 0.1) is 0 Å². The van der Waals surface area contributed by atoms with E-state index in [1.807, 2.05) is 60.7 Å². The van der Waals surface area contributed by atoms with Crippen molar-refractivity contribution in [3.8, 4) is 5.75 Å². The van der Waals surface area contributed by atoms with Gasteiger partial charge >= 0.3 is 0 Å². The second kappa shape index (κ2) is 10.1. The van der Waals surface area contributed by atoms with Gasteiger partial charge in [-0.2, -0.15) is 0 Å². The lowest BCUT2D eigenvalue weighted by molar-refractivity contribution is 0.104. The molecule has 30 heavy (non-hydrogen) atoms. The van der Waals surface area contributed by atoms with Gasteiger partial charge in [0.05, 0.1) is 5.56 Å². The zero-order chi connectivity index (χ0) is 20.6. The summed E-state index contributed by atoms with van der Waals surface area (Å²) in [6, 6.07) is 26.1. The number of ether oxygens (including phenoxy) is 1. The monoisotopic (exact) mass is 396 g/mol. The Morgan fingerprint density at radius 3 is 2.30 bits per heavy atom. The minimum Gasteiger partial charge on any atom is -0.488 e. The van der Waals surface area contributed by atoms with Gasteiger partial charge < -0.3 is 4.74 Å². The molecule has 0 N–H and O–H groups in total. The zero-order valence-corrected chi connectivity index (χ0v) is 17.3. The summed E-state index contributed by atoms with van der Waals surface area (Å²) in [5.41, 5.74) is 4.14. The fourth-order valence-electron chi connectivity index (χ4n) is 4.11. The number of hydrogen-bond acceptors (Lipinski definition) is 2. The van der Waals surface area contributed by atoms with E-state index in [9.17, 15) is 4.79 Å². The van der Waals surface area contributed by atoms with Crippen LogP contribution in [0.3, 0.4) is 0 Å². The van der Waals surface area contributed by atoms with Gasteiger partial charge in [-0.3, -0.25) is 4.79 Å². The van der Waals surface area contributed by atoms with Gasteiger partial charge in [0.25, 0.3) is 0 Å². The highest BCUT2D eigenvalue weighted by Gasteiger charge is 2.15. The van der Waals surface area contributed by atoms with Crippen molar-refractivity contribution in [3.05, 3.63) is 107 Å². The minimum atomic E-state index is -0.0463. The predicted octanol–water partition coefficient (Wildman–Crippen LogP) is 7.21. The van der Waals surface area contributed by atoms with Crippen molar-refractivity contribution in [2.24, 2.45) is 0 Å². The summed E-state index contributed by atoms with van der Waals surface area (Å²) in [5, 5.41) is 0. The Balaban J connectivity index is 1.41. The van der Waals surface area contributed by atoms with Crippen molar-refractivity contribution in [1.29, 1.82) is 0 Å². The van der Waals surface area contributed by atoms with Crippen molar-refractivity contribution in [3.63, 3.8) is 0 Å². The van der Waals surface area contributed by atoms with E-state index in [-0.39, 0.29) is 5.78 Å². The maximum absolute atomic E-state index is 12.8. The summed E-state index contributed by atoms with van der Waals surface area (Å²) in [4.78, 5) is 12.8. The Morgan fingerprint density at radius 2 is 1.53 bits per heavy atom. The third-order valence-corrected chi connectivity index (χ3v) is 5.83. The molecule has 3 aromatic carbocycles. The topological polar surface area (TPSA) is 26.3 Å². The maximum atomic E-state index is 12.8. The van der Waals surface area contributed by atoms with E-state index in [0.29, 0.717) is 23.8 Å². The van der Waals surface area contributed by atoms with E-state index in [1.54, 1.807) is 6.08 Å². The van der Waals surface area contributed by atoms with E-state index in [1.165, 1.54) is 37.7 Å². The lowest BCUT2D eigenvalue weighted by atomic mass is 9.84. The number of rotatable bonds is 7. The molecule has 0 atom stereocenters. The summed E-state index contributed by atoms with van der Waals surface area (Å²) in [5.74, 6) is 1.27. The maximum Gasteiger partial charge on any atom is 0.189 e. The molecule has 2 heteroatoms. The van der Waals surface area contributed by atoms with Crippen LogP contribution in [-0.4, -0.2) is 5.78 Å². The number of para-hydroxylation sites is 1. The summed E-state index contributed by atoms with van der Waals surface area (Å²) >= 11 is 0. The molecule has 3 aromatic rings. The molecule has 0 amide bonds. The van der Waals surface area contributed by atoms with Gasteiger partial charge in [0, 0.05) is 0 Å². The number of ketones is 1. The molecule has 1 saturated carbocycles. The van der Waals surface area contributed by atoms with Crippen molar-refractivity contribution < 1.29 is 9.53 Å². The van der Waals surface area contributed by atoms with Crippen LogP contribution in [0.2, 0.25) is 0 Å². The number of hydrogen-bond donors (Lipinski definition) is 0. The van der Waals surface area contributed by atoms with Gasteiger partial charge in [0.2, 0.25) is 0 Å². The molecule has 0 spiro atoms. The lowest BCUT2D eigenvalue weighted by Crippen LogP contribution is -2.04. The first-order valence-corrected chi connectivity index (χ1v) is 10.9. The van der Waals surface area contributed by atoms with Crippen molar-refractivity contribution in [1.82, 2.24) is 0 Å². The summed E-state index contributed by atoms with van der Waals surface area (Å²) < 4.78 is 5.92. The Bertz CT molecular complexity index is 981. The molecule has 0 saturated heterocycles. The second-order valence-electron chi connectivity index (χ2n) is 7.97. The van der Waals surface area contributed by atoms with Crippen LogP contribution in [0.15, 0.2) is 84.9 Å². The summed E-state index contributed by atoms with van der Waals surface area (Å²) in [7, 11) is 0. The standard InChI is InChI=1S/C28H28O2/c29-27(20-17-22-15-18-25(19-16-22)24-11-5-2-6-12-24)26-13-7-8-14-28(26)30-21-23-9-3-1-4-10-23/h1,3-4,7-10,13-20,24H,2,5-6,11-12,21H2/b20-17-. The molecular weight excluding hydrogens is 368 g/mol. The molecule has 0 bridgehead atoms. The van der Waals surface area contributed by atoms with Crippen molar-refractivity contribution >= 4 is 11.9 Å². The van der Waals surface area contributed by atoms with E-state index in [0.717, 1.165) is 11.1 Å². The highest BCUT2D eigenvalue weighted by atomic mass is 16.5. The van der Waals surface area contributed by atoms with Gasteiger partial charge in [-0.15, -0.1) is 0 Å². The Hall–Kier alpha value is -3.13. The Labute approximate surface area is 179 Å². The van der Waals surface area contributed by atoms with Crippen LogP contribution in [0.1, 0.15) is 65.1 Å². The molecule has 0 heterocycles. The molecule has 0 aromatic heterocycles. The highest BCUT2D eigenvalue weighted by molar-refractivity contribution is 6.08. The van der Waals surface area contributed by atoms with Crippen LogP contribution >= 0.6 is 0 Å². The molecule has 1 aliphatic carbocycles. The zero-order valence-electron chi connectivity index (χ0n) is 17.3. The average Bonchev–Trinajstić information content (AvgIpc) is 2.83. The largest absolute Gasteiger partial charge is 0.488 e. The first-order chi connectivity index (χ1) is 14.8. The van der Waals surface area contributed by atoms with Crippen LogP contribution in [0.25, 0.3) is 6.08 Å². The number of carbonyl (C=O) groups is 1. The Morgan fingerprint density at radius 1 is 0.833 bits per heavy atom. The molecule has 2 nitrogen and oxygen atoms in total. The number of allylic oxidation sites excluding steroid dienone is 1. The van der Waals surface area contributed by atoms with Crippen LogP contribution in [0.4, 0.5) is 0 Å². The van der Waals surface area contributed by atoms with Gasteiger partial charge in [-0.25, -0.2) is 0 Å². The van der Waals surface area contributed by atoms with E-state index in [2.05, 4.69) is 24.3 Å². The van der Waals surface area contributed by atoms with Crippen LogP contribution < -0.4 is 4.74 Å². The molecule has 1 aliphatic rings. The van der Waals surface area contributed by atoms with E-state index >= 15 is 0 Å². The first kappa shape index (κ1) is 20.2. The van der Waals surface area contributed by atoms with Crippen molar-refractivity contribution in [2.75, 3.05) is 0 Å². The van der Waals surface area contributed by atoms with Crippen molar-refractivity contribution in [2.45, 2.75) is 44.6 Å². The average molecular weight is 397 g/mol. The van der Waals surface area contributed by atoms with E-state index in [4.69, 9.17) is 4.74 Å². The van der Waals surface area contributed by atoms with Crippen LogP contribution in [0.5, 0.6) is 5.75 Å². The predicted molar refractivity (Wildman–Crippen MR) is 123 cm³/mol. The molecular formula is C28H28O2. The third kappa shape index (κ3) is 5.27. The SMILES string of the molecule is O=C(/C=C\c1ccc(C2CCCCC2)cc1)c1ccccc1OCc1ccccc1. The van der Waals surface area contributed by atoms with Gasteiger partial charge in [0.15, 0.2) is 5.78 Å². The molecule has 0 radical (unpaired) electrons. The normalized spacial score (nSPS) is 14.7. The molecule has 0 aliphatic heterocycles. The second-order valence-corrected chi connectivity index (χ2v) is 7.97. The van der Waals surface area contributed by atoms with Gasteiger partial charge in [-0.1, -0.05) is 92.1 Å². The lowest BCUT2D eigenvalue weighted by Gasteiger charge is -2.21. The summed E-state index contributed by atoms with van der Waals surface area (Å²) in [6.07, 6.45) is 10.2. The molecule has 152 valence electrons. The van der Waals surface area contributed by atoms with Crippen LogP contribution in [-0.2, 0) is 6.61 Å². The molecule has 4 rings (SSSR count). The number of carbonyl (C=O) groups excluding carboxylic acids is 1. The molecule has 1 fully saturated rings. The smallest absolute Gasteiger partial charge is 0.189 e. The third-order valence-electron chi connectivity index (χ3n) is 5.83. The fourth-order valence-corrected chi connectivity index (χ4v) is 4.11. The Kier molecular flexibility index (Phi) is 6.76. The quantitative estimate of drug-likeness (QED) is 0.311. The van der Waals surface area contributed by atoms with Gasteiger partial charge in [-0.05, 0) is 53.7 Å². The minimum absolute atomic E-state index is 0.0463. The first-order valence-electron chi connectivity index (χ1n) is 10.9. The summed E-state index contributed by atoms with van der Waals surface area (Å²) in [6.45, 7) is 0.442. The number of benzene rings is 3. The van der Waals surface area contributed by atoms with Gasteiger partial charge in [0.1, 0.15) is 12.4 Å². The van der Waals surface area contributed by atoms with E-state index < -0.39 is 0 Å².